The van der Waals surface area contributed by atoms with Crippen molar-refractivity contribution in [2.75, 3.05) is 32.7 Å². The molecule has 0 unspecified atom stereocenters. The fourth-order valence-electron chi connectivity index (χ4n) is 3.07. The molecule has 0 saturated carbocycles. The molecule has 10 heteroatoms. The van der Waals surface area contributed by atoms with E-state index in [1.165, 1.54) is 16.4 Å². The van der Waals surface area contributed by atoms with Gasteiger partial charge in [0.2, 0.25) is 15.9 Å². The van der Waals surface area contributed by atoms with Gasteiger partial charge in [-0.2, -0.15) is 4.31 Å². The first-order chi connectivity index (χ1) is 13.0. The molecule has 2 rings (SSSR count). The van der Waals surface area contributed by atoms with E-state index in [2.05, 4.69) is 5.32 Å². The number of sulfonamides is 1. The van der Waals surface area contributed by atoms with Crippen LogP contribution in [0.25, 0.3) is 0 Å². The first kappa shape index (κ1) is 22.3. The molecule has 1 aliphatic rings. The van der Waals surface area contributed by atoms with Gasteiger partial charge in [-0.1, -0.05) is 19.9 Å². The van der Waals surface area contributed by atoms with Gasteiger partial charge in [-0.05, 0) is 25.3 Å². The van der Waals surface area contributed by atoms with Gasteiger partial charge in [0.25, 0.3) is 5.69 Å². The fourth-order valence-corrected chi connectivity index (χ4v) is 4.74. The summed E-state index contributed by atoms with van der Waals surface area (Å²) < 4.78 is 27.3. The van der Waals surface area contributed by atoms with Gasteiger partial charge in [-0.15, -0.1) is 0 Å². The van der Waals surface area contributed by atoms with E-state index >= 15 is 0 Å². The lowest BCUT2D eigenvalue weighted by Crippen LogP contribution is -2.55. The highest BCUT2D eigenvalue weighted by molar-refractivity contribution is 7.89. The van der Waals surface area contributed by atoms with Crippen molar-refractivity contribution in [1.29, 1.82) is 0 Å². The van der Waals surface area contributed by atoms with E-state index in [0.717, 1.165) is 6.07 Å². The predicted octanol–water partition coefficient (Wildman–Crippen LogP) is 1.37. The van der Waals surface area contributed by atoms with Crippen LogP contribution < -0.4 is 5.32 Å². The van der Waals surface area contributed by atoms with Crippen molar-refractivity contribution in [2.24, 2.45) is 5.92 Å². The van der Waals surface area contributed by atoms with Crippen molar-refractivity contribution >= 4 is 21.6 Å². The van der Waals surface area contributed by atoms with Crippen molar-refractivity contribution in [3.05, 3.63) is 33.9 Å². The topological polar surface area (TPSA) is 113 Å². The Morgan fingerprint density at radius 1 is 1.21 bits per heavy atom. The number of aryl methyl sites for hydroxylation is 1. The Morgan fingerprint density at radius 3 is 2.36 bits per heavy atom. The van der Waals surface area contributed by atoms with Gasteiger partial charge >= 0.3 is 0 Å². The molecule has 0 aliphatic carbocycles. The molecule has 1 atom stereocenters. The predicted molar refractivity (Wildman–Crippen MR) is 105 cm³/mol. The molecular weight excluding hydrogens is 384 g/mol. The number of nitro benzene ring substituents is 1. The molecule has 28 heavy (non-hydrogen) atoms. The molecule has 0 spiro atoms. The maximum Gasteiger partial charge on any atom is 0.270 e. The second-order valence-corrected chi connectivity index (χ2v) is 9.37. The highest BCUT2D eigenvalue weighted by atomic mass is 32.2. The Morgan fingerprint density at radius 2 is 1.82 bits per heavy atom. The van der Waals surface area contributed by atoms with Gasteiger partial charge in [0.15, 0.2) is 0 Å². The zero-order valence-corrected chi connectivity index (χ0v) is 17.5. The number of nitrogens with zero attached hydrogens (tertiary/aromatic N) is 3. The second-order valence-electron chi connectivity index (χ2n) is 7.46. The molecule has 0 aromatic heterocycles. The van der Waals surface area contributed by atoms with Crippen molar-refractivity contribution in [1.82, 2.24) is 14.5 Å². The highest BCUT2D eigenvalue weighted by Gasteiger charge is 2.33. The highest BCUT2D eigenvalue weighted by Crippen LogP contribution is 2.25. The van der Waals surface area contributed by atoms with Gasteiger partial charge < -0.3 is 5.32 Å². The van der Waals surface area contributed by atoms with Crippen LogP contribution in [0.3, 0.4) is 0 Å². The third-order valence-corrected chi connectivity index (χ3v) is 6.93. The molecule has 156 valence electrons. The van der Waals surface area contributed by atoms with Gasteiger partial charge in [-0.3, -0.25) is 19.8 Å². The summed E-state index contributed by atoms with van der Waals surface area (Å²) in [6, 6.07) is 3.51. The lowest BCUT2D eigenvalue weighted by atomic mass is 10.2. The summed E-state index contributed by atoms with van der Waals surface area (Å²) in [6.45, 7) is 9.36. The summed E-state index contributed by atoms with van der Waals surface area (Å²) in [5.41, 5.74) is 0.215. The third kappa shape index (κ3) is 5.06. The van der Waals surface area contributed by atoms with Crippen molar-refractivity contribution in [3.8, 4) is 0 Å². The maximum atomic E-state index is 13.0. The van der Waals surface area contributed by atoms with Crippen LogP contribution in [-0.4, -0.2) is 67.2 Å². The zero-order chi connectivity index (χ0) is 21.1. The molecule has 1 amide bonds. The standard InChI is InChI=1S/C18H28N4O5S/c1-13(2)12-19-18(23)15(4)20-7-9-21(10-8-20)28(26,27)17-11-16(22(24)25)6-5-14(17)3/h5-6,11,13,15H,7-10,12H2,1-4H3,(H,19,23)/t15-/m0/s1. The lowest BCUT2D eigenvalue weighted by molar-refractivity contribution is -0.385. The Balaban J connectivity index is 2.07. The summed E-state index contributed by atoms with van der Waals surface area (Å²) in [4.78, 5) is 24.5. The minimum absolute atomic E-state index is 0.0436. The SMILES string of the molecule is Cc1ccc([N+](=O)[O-])cc1S(=O)(=O)N1CCN([C@@H](C)C(=O)NCC(C)C)CC1. The van der Waals surface area contributed by atoms with Crippen LogP contribution in [-0.2, 0) is 14.8 Å². The molecule has 1 N–H and O–H groups in total. The molecule has 9 nitrogen and oxygen atoms in total. The molecule has 1 aliphatic heterocycles. The number of hydrogen-bond acceptors (Lipinski definition) is 6. The quantitative estimate of drug-likeness (QED) is 0.535. The molecule has 0 radical (unpaired) electrons. The maximum absolute atomic E-state index is 13.0. The largest absolute Gasteiger partial charge is 0.354 e. The zero-order valence-electron chi connectivity index (χ0n) is 16.7. The second kappa shape index (κ2) is 8.97. The molecule has 0 bridgehead atoms. The van der Waals surface area contributed by atoms with E-state index in [1.54, 1.807) is 6.92 Å². The smallest absolute Gasteiger partial charge is 0.270 e. The summed E-state index contributed by atoms with van der Waals surface area (Å²) in [7, 11) is -3.84. The van der Waals surface area contributed by atoms with Crippen LogP contribution in [0.2, 0.25) is 0 Å². The van der Waals surface area contributed by atoms with E-state index < -0.39 is 14.9 Å². The van der Waals surface area contributed by atoms with E-state index in [1.807, 2.05) is 25.7 Å². The average molecular weight is 413 g/mol. The molecule has 1 aromatic carbocycles. The monoisotopic (exact) mass is 412 g/mol. The first-order valence-corrected chi connectivity index (χ1v) is 10.7. The molecule has 1 saturated heterocycles. The number of hydrogen-bond donors (Lipinski definition) is 1. The van der Waals surface area contributed by atoms with E-state index in [4.69, 9.17) is 0 Å². The Bertz CT molecular complexity index is 832. The van der Waals surface area contributed by atoms with Crippen LogP contribution in [0.5, 0.6) is 0 Å². The van der Waals surface area contributed by atoms with Crippen molar-refractivity contribution < 1.29 is 18.1 Å². The molecule has 1 fully saturated rings. The molecule has 1 aromatic rings. The van der Waals surface area contributed by atoms with E-state index in [-0.39, 0.29) is 35.6 Å². The summed E-state index contributed by atoms with van der Waals surface area (Å²) in [6.07, 6.45) is 0. The Labute approximate surface area is 165 Å². The Kier molecular flexibility index (Phi) is 7.13. The number of carbonyl (C=O) groups is 1. The van der Waals surface area contributed by atoms with Crippen LogP contribution in [0, 0.1) is 23.0 Å². The van der Waals surface area contributed by atoms with Crippen molar-refractivity contribution in [2.45, 2.75) is 38.6 Å². The summed E-state index contributed by atoms with van der Waals surface area (Å²) in [5.74, 6) is 0.288. The van der Waals surface area contributed by atoms with E-state index in [9.17, 15) is 23.3 Å². The van der Waals surface area contributed by atoms with Gasteiger partial charge in [0.1, 0.15) is 0 Å². The number of piperazine rings is 1. The number of rotatable bonds is 7. The summed E-state index contributed by atoms with van der Waals surface area (Å²) >= 11 is 0. The summed E-state index contributed by atoms with van der Waals surface area (Å²) in [5, 5.41) is 13.9. The van der Waals surface area contributed by atoms with Crippen molar-refractivity contribution in [3.63, 3.8) is 0 Å². The van der Waals surface area contributed by atoms with Crippen LogP contribution in [0.4, 0.5) is 5.69 Å². The van der Waals surface area contributed by atoms with Crippen LogP contribution in [0.1, 0.15) is 26.3 Å². The van der Waals surface area contributed by atoms with E-state index in [0.29, 0.717) is 31.1 Å². The van der Waals surface area contributed by atoms with Gasteiger partial charge in [-0.25, -0.2) is 8.42 Å². The minimum atomic E-state index is -3.84. The van der Waals surface area contributed by atoms with Gasteiger partial charge in [0.05, 0.1) is 15.9 Å². The number of nitro groups is 1. The number of nitrogens with one attached hydrogen (secondary N) is 1. The van der Waals surface area contributed by atoms with Crippen LogP contribution >= 0.6 is 0 Å². The fraction of sp³-hybridized carbons (Fsp3) is 0.611. The third-order valence-electron chi connectivity index (χ3n) is 4.89. The Hall–Kier alpha value is -2.04. The lowest BCUT2D eigenvalue weighted by Gasteiger charge is -2.37. The molecule has 1 heterocycles. The van der Waals surface area contributed by atoms with Gasteiger partial charge in [0, 0.05) is 44.9 Å². The normalized spacial score (nSPS) is 17.5. The minimum Gasteiger partial charge on any atom is -0.354 e. The number of carbonyl (C=O) groups excluding carboxylic acids is 1. The number of non-ortho nitro benzene ring substituents is 1. The average Bonchev–Trinajstić information content (AvgIpc) is 2.65. The van der Waals surface area contributed by atoms with Crippen LogP contribution in [0.15, 0.2) is 23.1 Å². The number of benzene rings is 1. The number of amides is 1. The first-order valence-electron chi connectivity index (χ1n) is 9.31. The molecular formula is C18H28N4O5S.